The lowest BCUT2D eigenvalue weighted by Gasteiger charge is -2.19. The van der Waals surface area contributed by atoms with Crippen LogP contribution in [0.3, 0.4) is 0 Å². The van der Waals surface area contributed by atoms with Crippen molar-refractivity contribution >= 4 is 29.1 Å². The van der Waals surface area contributed by atoms with Crippen LogP contribution in [0.5, 0.6) is 0 Å². The third kappa shape index (κ3) is 9.60. The molecule has 0 radical (unpaired) electrons. The molecule has 0 aliphatic rings. The van der Waals surface area contributed by atoms with Crippen LogP contribution >= 0.6 is 0 Å². The Bertz CT molecular complexity index is 1020. The molecule has 11 heteroatoms. The Balaban J connectivity index is 1.94. The molecule has 0 aromatic carbocycles. The molecule has 0 amide bonds. The number of nitrogen functional groups attached to an aromatic ring is 1. The van der Waals surface area contributed by atoms with Crippen LogP contribution in [0.2, 0.25) is 0 Å². The summed E-state index contributed by atoms with van der Waals surface area (Å²) in [6.07, 6.45) is 10.2. The molecule has 0 spiro atoms. The van der Waals surface area contributed by atoms with Gasteiger partial charge in [-0.25, -0.2) is 4.98 Å². The minimum Gasteiger partial charge on any atom is -0.465 e. The van der Waals surface area contributed by atoms with E-state index in [0.717, 1.165) is 19.3 Å². The van der Waals surface area contributed by atoms with Crippen molar-refractivity contribution in [2.75, 3.05) is 18.9 Å². The van der Waals surface area contributed by atoms with Crippen molar-refractivity contribution in [2.45, 2.75) is 91.1 Å². The van der Waals surface area contributed by atoms with Gasteiger partial charge in [0.1, 0.15) is 6.04 Å². The van der Waals surface area contributed by atoms with Crippen molar-refractivity contribution in [3.05, 3.63) is 16.7 Å². The Morgan fingerprint density at radius 3 is 2.50 bits per heavy atom. The molecule has 2 atom stereocenters. The quantitative estimate of drug-likeness (QED) is 0.216. The van der Waals surface area contributed by atoms with Crippen LogP contribution in [0.15, 0.2) is 11.1 Å². The molecule has 2 heterocycles. The second-order valence-electron chi connectivity index (χ2n) is 9.67. The lowest BCUT2D eigenvalue weighted by Crippen LogP contribution is -2.37. The van der Waals surface area contributed by atoms with E-state index in [4.69, 9.17) is 20.9 Å². The van der Waals surface area contributed by atoms with Crippen LogP contribution in [-0.4, -0.2) is 50.7 Å². The highest BCUT2D eigenvalue weighted by Gasteiger charge is 2.21. The van der Waals surface area contributed by atoms with E-state index < -0.39 is 17.6 Å². The molecule has 0 fully saturated rings. The molecule has 2 aromatic rings. The van der Waals surface area contributed by atoms with E-state index >= 15 is 0 Å². The lowest BCUT2D eigenvalue weighted by atomic mass is 10.1. The largest absolute Gasteiger partial charge is 0.465 e. The van der Waals surface area contributed by atoms with E-state index in [1.54, 1.807) is 4.57 Å². The van der Waals surface area contributed by atoms with E-state index in [1.165, 1.54) is 32.0 Å². The van der Waals surface area contributed by atoms with Gasteiger partial charge < -0.3 is 25.5 Å². The normalized spacial score (nSPS) is 13.1. The van der Waals surface area contributed by atoms with Crippen molar-refractivity contribution < 1.29 is 19.1 Å². The monoisotopic (exact) mass is 506 g/mol. The smallest absolute Gasteiger partial charge is 0.323 e. The summed E-state index contributed by atoms with van der Waals surface area (Å²) in [7, 11) is 0. The van der Waals surface area contributed by atoms with Gasteiger partial charge in [-0.1, -0.05) is 59.3 Å². The van der Waals surface area contributed by atoms with Crippen molar-refractivity contribution in [3.63, 3.8) is 0 Å². The first kappa shape index (κ1) is 29.3. The Labute approximate surface area is 212 Å². The number of rotatable bonds is 17. The number of hydrogen-bond donors (Lipinski definition) is 3. The van der Waals surface area contributed by atoms with Crippen molar-refractivity contribution in [1.82, 2.24) is 19.5 Å². The predicted molar refractivity (Wildman–Crippen MR) is 138 cm³/mol. The number of nitrogens with zero attached hydrogens (tertiary/aromatic N) is 3. The van der Waals surface area contributed by atoms with Gasteiger partial charge in [-0.05, 0) is 18.8 Å². The number of unbranched alkanes of at least 4 members (excludes halogenated alkanes) is 6. The first-order valence-corrected chi connectivity index (χ1v) is 13.0. The molecule has 5 N–H and O–H groups in total. The van der Waals surface area contributed by atoms with Crippen molar-refractivity contribution in [2.24, 2.45) is 17.6 Å². The van der Waals surface area contributed by atoms with Gasteiger partial charge in [0.25, 0.3) is 5.56 Å². The molecule has 11 nitrogen and oxygen atoms in total. The highest BCUT2D eigenvalue weighted by molar-refractivity contribution is 5.75. The van der Waals surface area contributed by atoms with Gasteiger partial charge in [0.2, 0.25) is 5.95 Å². The van der Waals surface area contributed by atoms with E-state index in [0.29, 0.717) is 25.0 Å². The number of esters is 2. The molecule has 202 valence electrons. The topological polar surface area (TPSA) is 168 Å². The number of nitrogens with one attached hydrogen (secondary N) is 1. The third-order valence-electron chi connectivity index (χ3n) is 6.17. The van der Waals surface area contributed by atoms with E-state index in [9.17, 15) is 14.4 Å². The third-order valence-corrected chi connectivity index (χ3v) is 6.17. The highest BCUT2D eigenvalue weighted by Crippen LogP contribution is 2.15. The summed E-state index contributed by atoms with van der Waals surface area (Å²) in [4.78, 5) is 47.3. The molecule has 0 aliphatic heterocycles. The number of anilines is 1. The second-order valence-corrected chi connectivity index (χ2v) is 9.67. The number of aromatic nitrogens is 4. The van der Waals surface area contributed by atoms with Crippen LogP contribution in [0.4, 0.5) is 5.95 Å². The van der Waals surface area contributed by atoms with Crippen molar-refractivity contribution in [1.29, 1.82) is 0 Å². The lowest BCUT2D eigenvalue weighted by molar-refractivity contribution is -0.149. The predicted octanol–water partition coefficient (Wildman–Crippen LogP) is 2.92. The molecule has 0 saturated carbocycles. The van der Waals surface area contributed by atoms with Crippen LogP contribution in [0.1, 0.15) is 78.6 Å². The summed E-state index contributed by atoms with van der Waals surface area (Å²) in [6.45, 7) is 6.51. The molecule has 2 rings (SSSR count). The van der Waals surface area contributed by atoms with Gasteiger partial charge in [0, 0.05) is 18.9 Å². The maximum absolute atomic E-state index is 12.3. The van der Waals surface area contributed by atoms with Crippen LogP contribution in [0.25, 0.3) is 11.2 Å². The highest BCUT2D eigenvalue weighted by atomic mass is 16.5. The van der Waals surface area contributed by atoms with Crippen LogP contribution in [-0.2, 0) is 25.6 Å². The average molecular weight is 507 g/mol. The number of imidazole rings is 1. The van der Waals surface area contributed by atoms with Gasteiger partial charge in [0.15, 0.2) is 11.2 Å². The zero-order valence-corrected chi connectivity index (χ0v) is 21.8. The fourth-order valence-corrected chi connectivity index (χ4v) is 3.81. The summed E-state index contributed by atoms with van der Waals surface area (Å²) in [5, 5.41) is 0. The average Bonchev–Trinajstić information content (AvgIpc) is 3.23. The maximum Gasteiger partial charge on any atom is 0.323 e. The standard InChI is InChI=1S/C25H42N6O5/c1-4-5-6-7-8-9-10-11-19(32)36-15-18(12-13-35-24(34)20(26)17(2)3)14-31-16-28-21-22(31)29-25(27)30-23(21)33/h16-18,20H,4-15,26H2,1-3H3,(H3,27,29,30,33)/t18?,20-/m0/s1. The van der Waals surface area contributed by atoms with Gasteiger partial charge in [-0.15, -0.1) is 0 Å². The number of hydrogen-bond acceptors (Lipinski definition) is 9. The number of ether oxygens (including phenoxy) is 2. The molecule has 0 bridgehead atoms. The number of aromatic amines is 1. The van der Waals surface area contributed by atoms with Gasteiger partial charge in [0.05, 0.1) is 19.5 Å². The molecule has 2 aromatic heterocycles. The van der Waals surface area contributed by atoms with Crippen LogP contribution < -0.4 is 17.0 Å². The van der Waals surface area contributed by atoms with Gasteiger partial charge in [-0.2, -0.15) is 4.98 Å². The Morgan fingerprint density at radius 2 is 1.81 bits per heavy atom. The summed E-state index contributed by atoms with van der Waals surface area (Å²) in [5.74, 6) is -0.961. The fourth-order valence-electron chi connectivity index (χ4n) is 3.81. The fraction of sp³-hybridized carbons (Fsp3) is 0.720. The minimum atomic E-state index is -0.695. The summed E-state index contributed by atoms with van der Waals surface area (Å²) in [5.41, 5.74) is 11.6. The van der Waals surface area contributed by atoms with E-state index in [-0.39, 0.29) is 42.5 Å². The van der Waals surface area contributed by atoms with Gasteiger partial charge >= 0.3 is 11.9 Å². The zero-order chi connectivity index (χ0) is 26.5. The SMILES string of the molecule is CCCCCCCCCC(=O)OCC(CCOC(=O)[C@@H](N)C(C)C)Cn1cnc2c(=O)[nH]c(N)nc21. The zero-order valence-electron chi connectivity index (χ0n) is 21.8. The van der Waals surface area contributed by atoms with E-state index in [2.05, 4.69) is 21.9 Å². The number of fused-ring (bicyclic) bond motifs is 1. The molecule has 36 heavy (non-hydrogen) atoms. The molecule has 0 aliphatic carbocycles. The number of H-pyrrole nitrogens is 1. The summed E-state index contributed by atoms with van der Waals surface area (Å²) < 4.78 is 12.6. The Morgan fingerprint density at radius 1 is 1.11 bits per heavy atom. The Kier molecular flexibility index (Phi) is 12.4. The second kappa shape index (κ2) is 15.2. The molecular weight excluding hydrogens is 464 g/mol. The molecule has 0 saturated heterocycles. The van der Waals surface area contributed by atoms with Crippen molar-refractivity contribution in [3.8, 4) is 0 Å². The first-order valence-electron chi connectivity index (χ1n) is 13.0. The van der Waals surface area contributed by atoms with Gasteiger partial charge in [-0.3, -0.25) is 19.4 Å². The first-order chi connectivity index (χ1) is 17.2. The molecule has 1 unspecified atom stereocenters. The molecular formula is C25H42N6O5. The number of carbonyl (C=O) groups excluding carboxylic acids is 2. The summed E-state index contributed by atoms with van der Waals surface area (Å²) >= 11 is 0. The Hall–Kier alpha value is -2.95. The number of carbonyl (C=O) groups is 2. The van der Waals surface area contributed by atoms with E-state index in [1.807, 2.05) is 13.8 Å². The summed E-state index contributed by atoms with van der Waals surface area (Å²) in [6, 6.07) is -0.695. The van der Waals surface area contributed by atoms with Crippen LogP contribution in [0, 0.1) is 11.8 Å². The number of nitrogens with two attached hydrogens (primary N) is 2. The minimum absolute atomic E-state index is 0.0106. The maximum atomic E-state index is 12.3.